The van der Waals surface area contributed by atoms with Crippen molar-refractivity contribution < 1.29 is 9.53 Å². The lowest BCUT2D eigenvalue weighted by molar-refractivity contribution is 0.101. The zero-order chi connectivity index (χ0) is 13.4. The van der Waals surface area contributed by atoms with Crippen LogP contribution in [0, 0.1) is 11.8 Å². The Morgan fingerprint density at radius 1 is 1.32 bits per heavy atom. The smallest absolute Gasteiger partial charge is 0.214 e. The number of Topliss-reactive ketones (excluding diaryl/α,β-unsaturated/α-hetero) is 1. The van der Waals surface area contributed by atoms with Crippen molar-refractivity contribution in [3.8, 4) is 5.88 Å². The van der Waals surface area contributed by atoms with E-state index in [1.54, 1.807) is 6.07 Å². The Labute approximate surface area is 118 Å². The third-order valence-electron chi connectivity index (χ3n) is 4.34. The van der Waals surface area contributed by atoms with Gasteiger partial charge < -0.3 is 4.74 Å². The first-order valence-electron chi connectivity index (χ1n) is 6.95. The third-order valence-corrected chi connectivity index (χ3v) is 4.64. The van der Waals surface area contributed by atoms with Gasteiger partial charge in [0.2, 0.25) is 5.88 Å². The van der Waals surface area contributed by atoms with E-state index in [1.807, 2.05) is 0 Å². The standard InChI is InChI=1S/C15H18ClNO2/c1-9(18)13-7-15(17-8-14(13)16)19-12-5-10-2-3-11(4-10)6-12/h7-8,10-12H,2-6H2,1H3/t10-,11+,12-. The molecule has 0 saturated heterocycles. The minimum atomic E-state index is -0.0547. The molecular weight excluding hydrogens is 262 g/mol. The molecule has 2 fully saturated rings. The monoisotopic (exact) mass is 279 g/mol. The fourth-order valence-electron chi connectivity index (χ4n) is 3.47. The van der Waals surface area contributed by atoms with Gasteiger partial charge in [0.05, 0.1) is 11.2 Å². The molecule has 2 bridgehead atoms. The Hall–Kier alpha value is -1.09. The molecule has 1 aromatic rings. The van der Waals surface area contributed by atoms with Gasteiger partial charge in [-0.05, 0) is 38.0 Å². The summed E-state index contributed by atoms with van der Waals surface area (Å²) in [5.74, 6) is 2.12. The Morgan fingerprint density at radius 2 is 2.00 bits per heavy atom. The van der Waals surface area contributed by atoms with Crippen LogP contribution in [0.5, 0.6) is 5.88 Å². The van der Waals surface area contributed by atoms with Crippen molar-refractivity contribution in [2.24, 2.45) is 11.8 Å². The number of carbonyl (C=O) groups excluding carboxylic acids is 1. The first-order chi connectivity index (χ1) is 9.11. The first-order valence-corrected chi connectivity index (χ1v) is 7.32. The van der Waals surface area contributed by atoms with E-state index in [4.69, 9.17) is 16.3 Å². The van der Waals surface area contributed by atoms with Crippen LogP contribution in [-0.4, -0.2) is 16.9 Å². The van der Waals surface area contributed by atoms with Gasteiger partial charge in [-0.25, -0.2) is 4.98 Å². The van der Waals surface area contributed by atoms with E-state index in [0.29, 0.717) is 16.5 Å². The van der Waals surface area contributed by atoms with Gasteiger partial charge in [-0.2, -0.15) is 0 Å². The van der Waals surface area contributed by atoms with E-state index in [9.17, 15) is 4.79 Å². The van der Waals surface area contributed by atoms with Gasteiger partial charge in [0.1, 0.15) is 6.10 Å². The number of hydrogen-bond donors (Lipinski definition) is 0. The molecule has 0 unspecified atom stereocenters. The van der Waals surface area contributed by atoms with Crippen LogP contribution in [0.3, 0.4) is 0 Å². The molecule has 3 atom stereocenters. The topological polar surface area (TPSA) is 39.2 Å². The maximum atomic E-state index is 11.5. The average molecular weight is 280 g/mol. The summed E-state index contributed by atoms with van der Waals surface area (Å²) in [6.07, 6.45) is 8.05. The molecule has 0 radical (unpaired) electrons. The Bertz CT molecular complexity index is 491. The fraction of sp³-hybridized carbons (Fsp3) is 0.600. The van der Waals surface area contributed by atoms with E-state index in [1.165, 1.54) is 32.4 Å². The second kappa shape index (κ2) is 5.12. The van der Waals surface area contributed by atoms with Crippen LogP contribution >= 0.6 is 11.6 Å². The summed E-state index contributed by atoms with van der Waals surface area (Å²) in [7, 11) is 0. The van der Waals surface area contributed by atoms with Crippen LogP contribution in [0.15, 0.2) is 12.3 Å². The third kappa shape index (κ3) is 2.76. The molecule has 2 aliphatic rings. The second-order valence-corrected chi connectivity index (χ2v) is 6.22. The number of halogens is 1. The van der Waals surface area contributed by atoms with Gasteiger partial charge in [0, 0.05) is 11.6 Å². The Morgan fingerprint density at radius 3 is 2.63 bits per heavy atom. The van der Waals surface area contributed by atoms with Crippen molar-refractivity contribution in [2.75, 3.05) is 0 Å². The summed E-state index contributed by atoms with van der Waals surface area (Å²) in [5, 5.41) is 0.392. The molecule has 0 N–H and O–H groups in total. The summed E-state index contributed by atoms with van der Waals surface area (Å²) in [6.45, 7) is 1.51. The highest BCUT2D eigenvalue weighted by Gasteiger charge is 2.35. The number of nitrogens with zero attached hydrogens (tertiary/aromatic N) is 1. The average Bonchev–Trinajstić information content (AvgIpc) is 2.71. The zero-order valence-corrected chi connectivity index (χ0v) is 11.8. The highest BCUT2D eigenvalue weighted by atomic mass is 35.5. The van der Waals surface area contributed by atoms with Crippen molar-refractivity contribution in [2.45, 2.75) is 45.1 Å². The number of ketones is 1. The van der Waals surface area contributed by atoms with E-state index < -0.39 is 0 Å². The number of aromatic nitrogens is 1. The van der Waals surface area contributed by atoms with Crippen LogP contribution in [0.25, 0.3) is 0 Å². The molecule has 0 aromatic carbocycles. The molecule has 0 spiro atoms. The minimum absolute atomic E-state index is 0.0547. The van der Waals surface area contributed by atoms with Gasteiger partial charge in [0.15, 0.2) is 5.78 Å². The molecular formula is C15H18ClNO2. The SMILES string of the molecule is CC(=O)c1cc(O[C@@H]2C[C@@H]3CC[C@@H](C3)C2)ncc1Cl. The first kappa shape index (κ1) is 12.9. The van der Waals surface area contributed by atoms with Gasteiger partial charge >= 0.3 is 0 Å². The van der Waals surface area contributed by atoms with Gasteiger partial charge in [-0.15, -0.1) is 0 Å². The summed E-state index contributed by atoms with van der Waals surface area (Å²) < 4.78 is 5.96. The van der Waals surface area contributed by atoms with Crippen LogP contribution < -0.4 is 4.74 Å². The molecule has 2 aliphatic carbocycles. The van der Waals surface area contributed by atoms with Gasteiger partial charge in [-0.3, -0.25) is 4.79 Å². The number of rotatable bonds is 3. The largest absolute Gasteiger partial charge is 0.474 e. The predicted molar refractivity (Wildman–Crippen MR) is 73.7 cm³/mol. The van der Waals surface area contributed by atoms with E-state index in [2.05, 4.69) is 4.98 Å². The molecule has 3 rings (SSSR count). The van der Waals surface area contributed by atoms with E-state index in [0.717, 1.165) is 24.7 Å². The summed E-state index contributed by atoms with van der Waals surface area (Å²) in [4.78, 5) is 15.6. The quantitative estimate of drug-likeness (QED) is 0.788. The maximum absolute atomic E-state index is 11.5. The lowest BCUT2D eigenvalue weighted by Gasteiger charge is -2.27. The summed E-state index contributed by atoms with van der Waals surface area (Å²) >= 11 is 5.95. The molecule has 4 heteroatoms. The highest BCUT2D eigenvalue weighted by Crippen LogP contribution is 2.43. The van der Waals surface area contributed by atoms with Crippen molar-refractivity contribution in [3.63, 3.8) is 0 Å². The Kier molecular flexibility index (Phi) is 3.48. The lowest BCUT2D eigenvalue weighted by atomic mass is 9.87. The van der Waals surface area contributed by atoms with E-state index in [-0.39, 0.29) is 11.9 Å². The van der Waals surface area contributed by atoms with Crippen LogP contribution in [0.1, 0.15) is 49.4 Å². The molecule has 0 amide bonds. The second-order valence-electron chi connectivity index (χ2n) is 5.81. The number of ether oxygens (including phenoxy) is 1. The molecule has 0 aliphatic heterocycles. The van der Waals surface area contributed by atoms with Crippen molar-refractivity contribution >= 4 is 17.4 Å². The van der Waals surface area contributed by atoms with Gasteiger partial charge in [0.25, 0.3) is 0 Å². The number of carbonyl (C=O) groups is 1. The minimum Gasteiger partial charge on any atom is -0.474 e. The number of fused-ring (bicyclic) bond motifs is 2. The fourth-order valence-corrected chi connectivity index (χ4v) is 3.70. The van der Waals surface area contributed by atoms with E-state index >= 15 is 0 Å². The molecule has 19 heavy (non-hydrogen) atoms. The van der Waals surface area contributed by atoms with Crippen molar-refractivity contribution in [1.29, 1.82) is 0 Å². The zero-order valence-electron chi connectivity index (χ0n) is 11.1. The van der Waals surface area contributed by atoms with Crippen LogP contribution in [-0.2, 0) is 0 Å². The Balaban J connectivity index is 1.73. The highest BCUT2D eigenvalue weighted by molar-refractivity contribution is 6.33. The number of pyridine rings is 1. The lowest BCUT2D eigenvalue weighted by Crippen LogP contribution is -2.26. The van der Waals surface area contributed by atoms with Crippen LogP contribution in [0.2, 0.25) is 5.02 Å². The summed E-state index contributed by atoms with van der Waals surface area (Å²) in [6, 6.07) is 1.67. The summed E-state index contributed by atoms with van der Waals surface area (Å²) in [5.41, 5.74) is 0.491. The maximum Gasteiger partial charge on any atom is 0.214 e. The van der Waals surface area contributed by atoms with Crippen LogP contribution in [0.4, 0.5) is 0 Å². The molecule has 102 valence electrons. The van der Waals surface area contributed by atoms with Crippen molar-refractivity contribution in [1.82, 2.24) is 4.98 Å². The molecule has 2 saturated carbocycles. The normalized spacial score (nSPS) is 29.3. The number of hydrogen-bond acceptors (Lipinski definition) is 3. The molecule has 3 nitrogen and oxygen atoms in total. The molecule has 1 aromatic heterocycles. The van der Waals surface area contributed by atoms with Crippen molar-refractivity contribution in [3.05, 3.63) is 22.8 Å². The molecule has 1 heterocycles. The predicted octanol–water partition coefficient (Wildman–Crippen LogP) is 3.90. The van der Waals surface area contributed by atoms with Gasteiger partial charge in [-0.1, -0.05) is 24.4 Å².